The number of rotatable bonds is 5. The van der Waals surface area contributed by atoms with Crippen LogP contribution in [0.3, 0.4) is 0 Å². The quantitative estimate of drug-likeness (QED) is 0.541. The van der Waals surface area contributed by atoms with E-state index in [0.29, 0.717) is 6.54 Å². The standard InChI is InChI=1S/C26H32F2N2O/c27-22-13-16-24(28)25(17-22)29-26(31)30(18-19-7-3-1-4-8-19)23-14-11-21(12-15-23)20-9-5-2-6-10-20/h1,3-4,7-8,13,16-17,20-21,23H,2,5-6,9-12,14-15,18H2,(H,29,31)/t21-,23+. The first-order valence-corrected chi connectivity index (χ1v) is 11.7. The highest BCUT2D eigenvalue weighted by Crippen LogP contribution is 2.39. The number of amides is 2. The lowest BCUT2D eigenvalue weighted by Crippen LogP contribution is -2.44. The molecular formula is C26H32F2N2O. The summed E-state index contributed by atoms with van der Waals surface area (Å²) in [6, 6.07) is 12.7. The maximum Gasteiger partial charge on any atom is 0.322 e. The summed E-state index contributed by atoms with van der Waals surface area (Å²) in [5.41, 5.74) is 0.922. The summed E-state index contributed by atoms with van der Waals surface area (Å²) in [4.78, 5) is 15.0. The molecule has 166 valence electrons. The molecule has 2 amide bonds. The third-order valence-electron chi connectivity index (χ3n) is 7.13. The molecule has 0 saturated heterocycles. The molecule has 0 unspecified atom stereocenters. The first-order chi connectivity index (χ1) is 15.1. The van der Waals surface area contributed by atoms with Crippen molar-refractivity contribution in [2.75, 3.05) is 5.32 Å². The maximum absolute atomic E-state index is 14.1. The zero-order chi connectivity index (χ0) is 21.6. The Labute approximate surface area is 183 Å². The van der Waals surface area contributed by atoms with E-state index < -0.39 is 11.6 Å². The summed E-state index contributed by atoms with van der Waals surface area (Å²) in [5, 5.41) is 2.62. The summed E-state index contributed by atoms with van der Waals surface area (Å²) < 4.78 is 27.7. The largest absolute Gasteiger partial charge is 0.322 e. The molecule has 0 heterocycles. The molecule has 3 nitrogen and oxygen atoms in total. The van der Waals surface area contributed by atoms with Crippen LogP contribution in [-0.2, 0) is 6.54 Å². The molecule has 0 spiro atoms. The topological polar surface area (TPSA) is 32.3 Å². The molecule has 5 heteroatoms. The van der Waals surface area contributed by atoms with Crippen LogP contribution in [0.1, 0.15) is 63.4 Å². The van der Waals surface area contributed by atoms with E-state index in [9.17, 15) is 13.6 Å². The van der Waals surface area contributed by atoms with Crippen molar-refractivity contribution in [3.8, 4) is 0 Å². The second kappa shape index (κ2) is 10.3. The molecule has 0 aliphatic heterocycles. The molecule has 1 N–H and O–H groups in total. The number of nitrogens with zero attached hydrogens (tertiary/aromatic N) is 1. The van der Waals surface area contributed by atoms with Crippen LogP contribution >= 0.6 is 0 Å². The van der Waals surface area contributed by atoms with Crippen molar-refractivity contribution >= 4 is 11.7 Å². The van der Waals surface area contributed by atoms with Crippen LogP contribution in [0, 0.1) is 23.5 Å². The van der Waals surface area contributed by atoms with Gasteiger partial charge in [-0.3, -0.25) is 0 Å². The molecule has 2 saturated carbocycles. The molecule has 31 heavy (non-hydrogen) atoms. The SMILES string of the molecule is O=C(Nc1cc(F)ccc1F)N(Cc1ccccc1)[C@H]1CC[C@@H](C2CCCCC2)CC1. The Hall–Kier alpha value is -2.43. The second-order valence-corrected chi connectivity index (χ2v) is 9.13. The van der Waals surface area contributed by atoms with E-state index >= 15 is 0 Å². The van der Waals surface area contributed by atoms with Gasteiger partial charge in [0.05, 0.1) is 5.69 Å². The Morgan fingerprint density at radius 3 is 2.26 bits per heavy atom. The fourth-order valence-electron chi connectivity index (χ4n) is 5.42. The lowest BCUT2D eigenvalue weighted by Gasteiger charge is -2.40. The normalized spacial score (nSPS) is 22.1. The first-order valence-electron chi connectivity index (χ1n) is 11.7. The summed E-state index contributed by atoms with van der Waals surface area (Å²) in [6.45, 7) is 0.461. The van der Waals surface area contributed by atoms with Crippen molar-refractivity contribution in [1.29, 1.82) is 0 Å². The molecule has 0 radical (unpaired) electrons. The van der Waals surface area contributed by atoms with Crippen molar-refractivity contribution in [3.05, 3.63) is 65.7 Å². The number of nitrogens with one attached hydrogen (secondary N) is 1. The lowest BCUT2D eigenvalue weighted by atomic mass is 9.72. The van der Waals surface area contributed by atoms with Crippen molar-refractivity contribution in [1.82, 2.24) is 4.90 Å². The first kappa shape index (κ1) is 21.8. The molecule has 2 aliphatic rings. The van der Waals surface area contributed by atoms with Crippen LogP contribution in [0.25, 0.3) is 0 Å². The number of carbonyl (C=O) groups is 1. The van der Waals surface area contributed by atoms with Gasteiger partial charge in [0.2, 0.25) is 0 Å². The van der Waals surface area contributed by atoms with Gasteiger partial charge in [-0.1, -0.05) is 62.4 Å². The lowest BCUT2D eigenvalue weighted by molar-refractivity contribution is 0.120. The Bertz CT molecular complexity index is 859. The predicted octanol–water partition coefficient (Wildman–Crippen LogP) is 7.14. The maximum atomic E-state index is 14.1. The highest BCUT2D eigenvalue weighted by atomic mass is 19.1. The molecule has 0 bridgehead atoms. The molecule has 0 aromatic heterocycles. The van der Waals surface area contributed by atoms with Gasteiger partial charge in [-0.15, -0.1) is 0 Å². The average molecular weight is 427 g/mol. The van der Waals surface area contributed by atoms with E-state index in [-0.39, 0.29) is 17.8 Å². The number of carbonyl (C=O) groups excluding carboxylic acids is 1. The van der Waals surface area contributed by atoms with Crippen LogP contribution in [0.4, 0.5) is 19.3 Å². The third-order valence-corrected chi connectivity index (χ3v) is 7.13. The number of anilines is 1. The summed E-state index contributed by atoms with van der Waals surface area (Å²) in [6.07, 6.45) is 11.0. The molecule has 2 fully saturated rings. The van der Waals surface area contributed by atoms with E-state index in [4.69, 9.17) is 0 Å². The van der Waals surface area contributed by atoms with Gasteiger partial charge < -0.3 is 10.2 Å². The van der Waals surface area contributed by atoms with Crippen molar-refractivity contribution in [2.45, 2.75) is 70.4 Å². The fourth-order valence-corrected chi connectivity index (χ4v) is 5.42. The second-order valence-electron chi connectivity index (χ2n) is 9.13. The molecular weight excluding hydrogens is 394 g/mol. The molecule has 2 aromatic carbocycles. The smallest absolute Gasteiger partial charge is 0.317 e. The van der Waals surface area contributed by atoms with Crippen LogP contribution in [0.15, 0.2) is 48.5 Å². The average Bonchev–Trinajstić information content (AvgIpc) is 2.81. The van der Waals surface area contributed by atoms with Crippen LogP contribution < -0.4 is 5.32 Å². The number of hydrogen-bond donors (Lipinski definition) is 1. The van der Waals surface area contributed by atoms with Crippen LogP contribution in [0.5, 0.6) is 0 Å². The van der Waals surface area contributed by atoms with Gasteiger partial charge in [-0.05, 0) is 55.2 Å². The number of halogens is 2. The monoisotopic (exact) mass is 426 g/mol. The van der Waals surface area contributed by atoms with E-state index in [1.54, 1.807) is 0 Å². The van der Waals surface area contributed by atoms with Crippen molar-refractivity contribution in [2.24, 2.45) is 11.8 Å². The Morgan fingerprint density at radius 1 is 0.871 bits per heavy atom. The van der Waals surface area contributed by atoms with Gasteiger partial charge in [0, 0.05) is 18.7 Å². The number of benzene rings is 2. The Kier molecular flexibility index (Phi) is 7.21. The Morgan fingerprint density at radius 2 is 1.55 bits per heavy atom. The van der Waals surface area contributed by atoms with E-state index in [2.05, 4.69) is 5.32 Å². The van der Waals surface area contributed by atoms with E-state index in [1.807, 2.05) is 35.2 Å². The zero-order valence-corrected chi connectivity index (χ0v) is 18.0. The number of hydrogen-bond acceptors (Lipinski definition) is 1. The van der Waals surface area contributed by atoms with Crippen molar-refractivity contribution in [3.63, 3.8) is 0 Å². The van der Waals surface area contributed by atoms with Gasteiger partial charge in [0.1, 0.15) is 11.6 Å². The van der Waals surface area contributed by atoms with Crippen molar-refractivity contribution < 1.29 is 13.6 Å². The van der Waals surface area contributed by atoms with Crippen LogP contribution in [0.2, 0.25) is 0 Å². The minimum atomic E-state index is -0.629. The van der Waals surface area contributed by atoms with Crippen LogP contribution in [-0.4, -0.2) is 17.0 Å². The molecule has 0 atom stereocenters. The number of urea groups is 1. The summed E-state index contributed by atoms with van der Waals surface area (Å²) in [5.74, 6) is 0.404. The molecule has 2 aliphatic carbocycles. The van der Waals surface area contributed by atoms with Gasteiger partial charge in [0.15, 0.2) is 0 Å². The highest BCUT2D eigenvalue weighted by molar-refractivity contribution is 5.89. The molecule has 2 aromatic rings. The van der Waals surface area contributed by atoms with Gasteiger partial charge in [-0.25, -0.2) is 13.6 Å². The predicted molar refractivity (Wildman–Crippen MR) is 120 cm³/mol. The van der Waals surface area contributed by atoms with E-state index in [1.165, 1.54) is 32.1 Å². The van der Waals surface area contributed by atoms with Gasteiger partial charge in [0.25, 0.3) is 0 Å². The summed E-state index contributed by atoms with van der Waals surface area (Å²) >= 11 is 0. The zero-order valence-electron chi connectivity index (χ0n) is 18.0. The highest BCUT2D eigenvalue weighted by Gasteiger charge is 2.33. The third kappa shape index (κ3) is 5.63. The fraction of sp³-hybridized carbons (Fsp3) is 0.500. The minimum absolute atomic E-state index is 0.108. The molecule has 4 rings (SSSR count). The Balaban J connectivity index is 1.46. The van der Waals surface area contributed by atoms with E-state index in [0.717, 1.165) is 61.3 Å². The summed E-state index contributed by atoms with van der Waals surface area (Å²) in [7, 11) is 0. The van der Waals surface area contributed by atoms with Gasteiger partial charge >= 0.3 is 6.03 Å². The minimum Gasteiger partial charge on any atom is -0.317 e. The van der Waals surface area contributed by atoms with Gasteiger partial charge in [-0.2, -0.15) is 0 Å².